The Bertz CT molecular complexity index is 241. The van der Waals surface area contributed by atoms with Crippen LogP contribution in [0.2, 0.25) is 0 Å². The van der Waals surface area contributed by atoms with Crippen LogP contribution in [0.15, 0.2) is 0 Å². The number of hydrogen-bond acceptors (Lipinski definition) is 2. The molecule has 1 saturated carbocycles. The molecular weight excluding hydrogens is 232 g/mol. The molecule has 2 heteroatoms. The predicted octanol–water partition coefficient (Wildman–Crippen LogP) is 3.91. The van der Waals surface area contributed by atoms with Gasteiger partial charge in [0.15, 0.2) is 0 Å². The Balaban J connectivity index is 2.51. The summed E-state index contributed by atoms with van der Waals surface area (Å²) in [7, 11) is 2.35. The van der Waals surface area contributed by atoms with Gasteiger partial charge in [-0.15, -0.1) is 0 Å². The first-order valence-corrected chi connectivity index (χ1v) is 8.41. The molecule has 0 aliphatic heterocycles. The van der Waals surface area contributed by atoms with Crippen molar-refractivity contribution in [2.24, 2.45) is 11.3 Å². The molecule has 0 spiro atoms. The number of hydrogen-bond donors (Lipinski definition) is 1. The molecule has 3 atom stereocenters. The van der Waals surface area contributed by atoms with E-state index in [2.05, 4.69) is 45.0 Å². The molecule has 1 fully saturated rings. The van der Waals surface area contributed by atoms with Gasteiger partial charge in [-0.1, -0.05) is 47.0 Å². The highest BCUT2D eigenvalue weighted by atomic mass is 15.1. The Morgan fingerprint density at radius 3 is 2.58 bits per heavy atom. The van der Waals surface area contributed by atoms with E-state index in [9.17, 15) is 0 Å². The minimum Gasteiger partial charge on any atom is -0.316 e. The van der Waals surface area contributed by atoms with Crippen molar-refractivity contribution in [3.05, 3.63) is 0 Å². The highest BCUT2D eigenvalue weighted by molar-refractivity contribution is 4.84. The van der Waals surface area contributed by atoms with Crippen molar-refractivity contribution in [2.75, 3.05) is 26.7 Å². The van der Waals surface area contributed by atoms with Crippen molar-refractivity contribution in [3.8, 4) is 0 Å². The van der Waals surface area contributed by atoms with E-state index in [1.807, 2.05) is 0 Å². The molecule has 0 aromatic carbocycles. The number of nitrogens with one attached hydrogen (secondary N) is 1. The van der Waals surface area contributed by atoms with Gasteiger partial charge in [0.05, 0.1) is 0 Å². The first-order chi connectivity index (χ1) is 9.00. The molecule has 0 aromatic heterocycles. The van der Waals surface area contributed by atoms with E-state index in [0.29, 0.717) is 5.41 Å². The molecule has 1 aliphatic carbocycles. The van der Waals surface area contributed by atoms with Gasteiger partial charge in [-0.3, -0.25) is 0 Å². The zero-order valence-corrected chi connectivity index (χ0v) is 14.0. The standard InChI is InChI=1S/C17H36N2/c1-6-11-17(4,13-18-7-2)14-19(5)16-10-8-9-15(3)12-16/h15-16,18H,6-14H2,1-5H3. The first kappa shape index (κ1) is 17.0. The largest absolute Gasteiger partial charge is 0.316 e. The van der Waals surface area contributed by atoms with Crippen LogP contribution in [0.3, 0.4) is 0 Å². The van der Waals surface area contributed by atoms with Crippen LogP contribution in [0.25, 0.3) is 0 Å². The third-order valence-corrected chi connectivity index (χ3v) is 4.82. The lowest BCUT2D eigenvalue weighted by molar-refractivity contribution is 0.102. The molecule has 3 unspecified atom stereocenters. The normalized spacial score (nSPS) is 27.5. The van der Waals surface area contributed by atoms with E-state index in [4.69, 9.17) is 0 Å². The van der Waals surface area contributed by atoms with Crippen molar-refractivity contribution in [2.45, 2.75) is 72.3 Å². The second kappa shape index (κ2) is 8.26. The van der Waals surface area contributed by atoms with Gasteiger partial charge in [-0.25, -0.2) is 0 Å². The summed E-state index contributed by atoms with van der Waals surface area (Å²) < 4.78 is 0. The Morgan fingerprint density at radius 2 is 2.00 bits per heavy atom. The van der Waals surface area contributed by atoms with Gasteiger partial charge in [0.2, 0.25) is 0 Å². The van der Waals surface area contributed by atoms with Crippen molar-refractivity contribution in [3.63, 3.8) is 0 Å². The summed E-state index contributed by atoms with van der Waals surface area (Å²) in [5.41, 5.74) is 0.431. The average Bonchev–Trinajstić information content (AvgIpc) is 2.36. The SMILES string of the molecule is CCCC(C)(CNCC)CN(C)C1CCCC(C)C1. The lowest BCUT2D eigenvalue weighted by atomic mass is 9.82. The van der Waals surface area contributed by atoms with Crippen LogP contribution >= 0.6 is 0 Å². The fourth-order valence-corrected chi connectivity index (χ4v) is 3.79. The van der Waals surface area contributed by atoms with E-state index in [0.717, 1.165) is 25.0 Å². The summed E-state index contributed by atoms with van der Waals surface area (Å²) in [6.45, 7) is 12.9. The molecule has 0 heterocycles. The van der Waals surface area contributed by atoms with Gasteiger partial charge in [0.1, 0.15) is 0 Å². The van der Waals surface area contributed by atoms with Crippen LogP contribution in [0.5, 0.6) is 0 Å². The minimum absolute atomic E-state index is 0.431. The summed E-state index contributed by atoms with van der Waals surface area (Å²) in [5.74, 6) is 0.924. The maximum absolute atomic E-state index is 3.56. The van der Waals surface area contributed by atoms with Crippen LogP contribution in [0, 0.1) is 11.3 Å². The third kappa shape index (κ3) is 5.83. The molecule has 0 radical (unpaired) electrons. The highest BCUT2D eigenvalue weighted by Gasteiger charge is 2.29. The van der Waals surface area contributed by atoms with E-state index in [1.54, 1.807) is 0 Å². The average molecular weight is 268 g/mol. The van der Waals surface area contributed by atoms with Crippen LogP contribution in [-0.4, -0.2) is 37.6 Å². The molecule has 114 valence electrons. The van der Waals surface area contributed by atoms with Gasteiger partial charge >= 0.3 is 0 Å². The van der Waals surface area contributed by atoms with Crippen LogP contribution < -0.4 is 5.32 Å². The van der Waals surface area contributed by atoms with Crippen molar-refractivity contribution in [1.29, 1.82) is 0 Å². The highest BCUT2D eigenvalue weighted by Crippen LogP contribution is 2.30. The molecule has 0 bridgehead atoms. The maximum atomic E-state index is 3.56. The van der Waals surface area contributed by atoms with Gasteiger partial charge in [0, 0.05) is 19.1 Å². The molecule has 0 amide bonds. The topological polar surface area (TPSA) is 15.3 Å². The fraction of sp³-hybridized carbons (Fsp3) is 1.00. The smallest absolute Gasteiger partial charge is 0.00949 e. The Morgan fingerprint density at radius 1 is 1.26 bits per heavy atom. The van der Waals surface area contributed by atoms with Gasteiger partial charge in [0.25, 0.3) is 0 Å². The van der Waals surface area contributed by atoms with E-state index in [-0.39, 0.29) is 0 Å². The molecule has 0 saturated heterocycles. The van der Waals surface area contributed by atoms with E-state index >= 15 is 0 Å². The van der Waals surface area contributed by atoms with E-state index in [1.165, 1.54) is 45.1 Å². The summed E-state index contributed by atoms with van der Waals surface area (Å²) >= 11 is 0. The Hall–Kier alpha value is -0.0800. The molecule has 1 aliphatic rings. The number of nitrogens with zero attached hydrogens (tertiary/aromatic N) is 1. The molecule has 19 heavy (non-hydrogen) atoms. The Labute approximate surface area is 121 Å². The summed E-state index contributed by atoms with van der Waals surface area (Å²) in [6, 6.07) is 0.821. The molecule has 1 rings (SSSR count). The second-order valence-corrected chi connectivity index (χ2v) is 7.18. The van der Waals surface area contributed by atoms with Gasteiger partial charge in [-0.2, -0.15) is 0 Å². The van der Waals surface area contributed by atoms with Crippen molar-refractivity contribution in [1.82, 2.24) is 10.2 Å². The summed E-state index contributed by atoms with van der Waals surface area (Å²) in [6.07, 6.45) is 8.29. The van der Waals surface area contributed by atoms with Crippen LogP contribution in [0.4, 0.5) is 0 Å². The van der Waals surface area contributed by atoms with Crippen LogP contribution in [0.1, 0.15) is 66.2 Å². The van der Waals surface area contributed by atoms with Gasteiger partial charge in [-0.05, 0) is 44.2 Å². The maximum Gasteiger partial charge on any atom is 0.00949 e. The molecular formula is C17H36N2. The molecule has 2 nitrogen and oxygen atoms in total. The quantitative estimate of drug-likeness (QED) is 0.718. The Kier molecular flexibility index (Phi) is 7.38. The lowest BCUT2D eigenvalue weighted by Gasteiger charge is -2.40. The van der Waals surface area contributed by atoms with E-state index < -0.39 is 0 Å². The minimum atomic E-state index is 0.431. The van der Waals surface area contributed by atoms with Crippen molar-refractivity contribution < 1.29 is 0 Å². The lowest BCUT2D eigenvalue weighted by Crippen LogP contribution is -2.45. The first-order valence-electron chi connectivity index (χ1n) is 8.41. The zero-order chi connectivity index (χ0) is 14.3. The summed E-state index contributed by atoms with van der Waals surface area (Å²) in [5, 5.41) is 3.56. The monoisotopic (exact) mass is 268 g/mol. The fourth-order valence-electron chi connectivity index (χ4n) is 3.79. The third-order valence-electron chi connectivity index (χ3n) is 4.82. The second-order valence-electron chi connectivity index (χ2n) is 7.18. The van der Waals surface area contributed by atoms with Crippen LogP contribution in [-0.2, 0) is 0 Å². The zero-order valence-electron chi connectivity index (χ0n) is 14.0. The predicted molar refractivity (Wildman–Crippen MR) is 85.6 cm³/mol. The van der Waals surface area contributed by atoms with Gasteiger partial charge < -0.3 is 10.2 Å². The molecule has 1 N–H and O–H groups in total. The van der Waals surface area contributed by atoms with Crippen molar-refractivity contribution >= 4 is 0 Å². The summed E-state index contributed by atoms with van der Waals surface area (Å²) in [4.78, 5) is 2.66. The number of rotatable bonds is 8. The molecule has 0 aromatic rings.